The fourth-order valence-corrected chi connectivity index (χ4v) is 6.76. The van der Waals surface area contributed by atoms with Crippen LogP contribution in [0.4, 0.5) is 0 Å². The highest BCUT2D eigenvalue weighted by Gasteiger charge is 2.42. The van der Waals surface area contributed by atoms with E-state index < -0.39 is 14.9 Å². The molecule has 11 nitrogen and oxygen atoms in total. The van der Waals surface area contributed by atoms with Crippen molar-refractivity contribution < 1.29 is 51.5 Å². The van der Waals surface area contributed by atoms with Crippen LogP contribution in [0, 0.1) is 5.92 Å². The van der Waals surface area contributed by atoms with Crippen molar-refractivity contribution in [3.63, 3.8) is 0 Å². The topological polar surface area (TPSA) is 113 Å². The summed E-state index contributed by atoms with van der Waals surface area (Å²) in [6.45, 7) is 8.25. The molecule has 3 atom stereocenters. The molecular weight excluding hydrogens is 504 g/mol. The minimum absolute atomic E-state index is 0.196. The maximum atomic E-state index is 10.5. The quantitative estimate of drug-likeness (QED) is 0.125. The predicted octanol–water partition coefficient (Wildman–Crippen LogP) is 1.92. The summed E-state index contributed by atoms with van der Waals surface area (Å²) >= 11 is 0. The van der Waals surface area contributed by atoms with Crippen molar-refractivity contribution in [1.29, 1.82) is 0 Å². The molecule has 0 radical (unpaired) electrons. The summed E-state index contributed by atoms with van der Waals surface area (Å²) in [6, 6.07) is 0.685. The molecule has 0 saturated heterocycles. The second kappa shape index (κ2) is 23.6. The average Bonchev–Trinajstić information content (AvgIpc) is 2.90. The molecule has 1 fully saturated rings. The summed E-state index contributed by atoms with van der Waals surface area (Å²) in [5.41, 5.74) is 0. The first-order chi connectivity index (χ1) is 18.1. The number of hydrogen-bond acceptors (Lipinski definition) is 11. The van der Waals surface area contributed by atoms with Crippen LogP contribution in [0.1, 0.15) is 32.6 Å². The molecule has 0 amide bonds. The zero-order valence-electron chi connectivity index (χ0n) is 23.5. The molecule has 0 aromatic heterocycles. The summed E-state index contributed by atoms with van der Waals surface area (Å²) in [5.74, 6) is 0.387. The van der Waals surface area contributed by atoms with E-state index in [1.807, 2.05) is 6.92 Å². The lowest BCUT2D eigenvalue weighted by atomic mass is 9.84. The van der Waals surface area contributed by atoms with Gasteiger partial charge in [-0.15, -0.1) is 0 Å². The van der Waals surface area contributed by atoms with Crippen LogP contribution in [-0.4, -0.2) is 133 Å². The van der Waals surface area contributed by atoms with Gasteiger partial charge in [-0.05, 0) is 38.5 Å². The number of aliphatic hydroxyl groups is 1. The van der Waals surface area contributed by atoms with E-state index in [1.165, 1.54) is 0 Å². The van der Waals surface area contributed by atoms with Gasteiger partial charge < -0.3 is 51.5 Å². The van der Waals surface area contributed by atoms with Gasteiger partial charge in [-0.1, -0.05) is 0 Å². The lowest BCUT2D eigenvalue weighted by molar-refractivity contribution is -0.0865. The molecular formula is C25H52O11Si. The molecule has 0 aromatic carbocycles. The van der Waals surface area contributed by atoms with Crippen molar-refractivity contribution >= 4 is 8.80 Å². The van der Waals surface area contributed by atoms with Crippen LogP contribution in [-0.2, 0) is 46.4 Å². The predicted molar refractivity (Wildman–Crippen MR) is 140 cm³/mol. The average molecular weight is 557 g/mol. The first-order valence-corrected chi connectivity index (χ1v) is 15.5. The molecule has 1 aliphatic rings. The van der Waals surface area contributed by atoms with E-state index in [2.05, 4.69) is 0 Å². The van der Waals surface area contributed by atoms with Crippen LogP contribution in [0.3, 0.4) is 0 Å². The van der Waals surface area contributed by atoms with Crippen LogP contribution in [0.15, 0.2) is 0 Å². The summed E-state index contributed by atoms with van der Waals surface area (Å²) in [6.07, 6.45) is 2.66. The van der Waals surface area contributed by atoms with Crippen molar-refractivity contribution in [2.24, 2.45) is 5.92 Å². The Morgan fingerprint density at radius 1 is 0.649 bits per heavy atom. The van der Waals surface area contributed by atoms with Crippen LogP contribution >= 0.6 is 0 Å². The van der Waals surface area contributed by atoms with Crippen molar-refractivity contribution in [3.05, 3.63) is 0 Å². The largest absolute Gasteiger partial charge is 0.501 e. The maximum Gasteiger partial charge on any atom is 0.501 e. The molecule has 0 heterocycles. The SMILES string of the molecule is CCO[Si](CCC1CCC(O)C(OCCOCCOC)C1)(OCCOCCOC)OCCOCCOC. The van der Waals surface area contributed by atoms with Crippen molar-refractivity contribution in [1.82, 2.24) is 0 Å². The highest BCUT2D eigenvalue weighted by atomic mass is 28.4. The fraction of sp³-hybridized carbons (Fsp3) is 1.00. The van der Waals surface area contributed by atoms with E-state index in [0.717, 1.165) is 19.3 Å². The van der Waals surface area contributed by atoms with E-state index in [1.54, 1.807) is 21.3 Å². The third-order valence-electron chi connectivity index (χ3n) is 6.04. The first-order valence-electron chi connectivity index (χ1n) is 13.5. The monoisotopic (exact) mass is 556 g/mol. The molecule has 1 rings (SSSR count). The Balaban J connectivity index is 2.59. The van der Waals surface area contributed by atoms with E-state index in [9.17, 15) is 5.11 Å². The number of ether oxygens (including phenoxy) is 7. The van der Waals surface area contributed by atoms with Crippen LogP contribution in [0.2, 0.25) is 6.04 Å². The standard InChI is InChI=1S/C25H52O11Si/c1-5-34-37(35-19-16-31-13-10-28-3,36-20-17-32-14-11-29-4)21-8-23-6-7-24(26)25(22-23)33-18-15-30-12-9-27-2/h23-26H,5-22H2,1-4H3. The fourth-order valence-electron chi connectivity index (χ4n) is 4.08. The van der Waals surface area contributed by atoms with Crippen molar-refractivity contribution in [2.75, 3.05) is 107 Å². The Morgan fingerprint density at radius 3 is 1.68 bits per heavy atom. The van der Waals surface area contributed by atoms with Gasteiger partial charge in [0.05, 0.1) is 91.5 Å². The summed E-state index contributed by atoms with van der Waals surface area (Å²) in [5, 5.41) is 10.5. The Kier molecular flexibility index (Phi) is 22.2. The maximum absolute atomic E-state index is 10.5. The molecule has 222 valence electrons. The van der Waals surface area contributed by atoms with Crippen molar-refractivity contribution in [3.8, 4) is 0 Å². The molecule has 1 aliphatic carbocycles. The van der Waals surface area contributed by atoms with E-state index in [0.29, 0.717) is 104 Å². The van der Waals surface area contributed by atoms with Gasteiger partial charge in [0.25, 0.3) is 0 Å². The molecule has 0 aliphatic heterocycles. The van der Waals surface area contributed by atoms with Crippen LogP contribution in [0.25, 0.3) is 0 Å². The smallest absolute Gasteiger partial charge is 0.390 e. The number of aliphatic hydroxyl groups excluding tert-OH is 1. The first kappa shape index (κ1) is 34.8. The summed E-state index contributed by atoms with van der Waals surface area (Å²) in [4.78, 5) is 0. The summed E-state index contributed by atoms with van der Waals surface area (Å²) < 4.78 is 56.3. The lowest BCUT2D eigenvalue weighted by Gasteiger charge is -2.35. The Labute approximate surface area is 224 Å². The molecule has 12 heteroatoms. The number of rotatable bonds is 26. The van der Waals surface area contributed by atoms with Gasteiger partial charge >= 0.3 is 8.80 Å². The molecule has 0 aromatic rings. The van der Waals surface area contributed by atoms with Gasteiger partial charge in [-0.3, -0.25) is 0 Å². The second-order valence-corrected chi connectivity index (χ2v) is 11.6. The molecule has 0 bridgehead atoms. The van der Waals surface area contributed by atoms with E-state index in [-0.39, 0.29) is 6.10 Å². The van der Waals surface area contributed by atoms with Gasteiger partial charge in [0, 0.05) is 34.0 Å². The highest BCUT2D eigenvalue weighted by Crippen LogP contribution is 2.32. The second-order valence-electron chi connectivity index (χ2n) is 8.82. The Hall–Kier alpha value is -0.223. The lowest BCUT2D eigenvalue weighted by Crippen LogP contribution is -2.48. The third-order valence-corrected chi connectivity index (χ3v) is 8.96. The zero-order chi connectivity index (χ0) is 27.0. The Morgan fingerprint density at radius 2 is 1.16 bits per heavy atom. The Bertz CT molecular complexity index is 487. The third kappa shape index (κ3) is 17.2. The van der Waals surface area contributed by atoms with Gasteiger partial charge in [-0.25, -0.2) is 0 Å². The van der Waals surface area contributed by atoms with E-state index in [4.69, 9.17) is 46.4 Å². The van der Waals surface area contributed by atoms with Crippen molar-refractivity contribution in [2.45, 2.75) is 50.9 Å². The summed E-state index contributed by atoms with van der Waals surface area (Å²) in [7, 11) is 1.98. The van der Waals surface area contributed by atoms with Crippen LogP contribution < -0.4 is 0 Å². The number of hydrogen-bond donors (Lipinski definition) is 1. The van der Waals surface area contributed by atoms with Gasteiger partial charge in [0.15, 0.2) is 0 Å². The minimum Gasteiger partial charge on any atom is -0.390 e. The molecule has 1 saturated carbocycles. The molecule has 1 N–H and O–H groups in total. The van der Waals surface area contributed by atoms with Gasteiger partial charge in [0.2, 0.25) is 0 Å². The van der Waals surface area contributed by atoms with Gasteiger partial charge in [-0.2, -0.15) is 0 Å². The normalized spacial score (nSPS) is 20.5. The highest BCUT2D eigenvalue weighted by molar-refractivity contribution is 6.60. The molecule has 3 unspecified atom stereocenters. The van der Waals surface area contributed by atoms with Gasteiger partial charge in [0.1, 0.15) is 0 Å². The van der Waals surface area contributed by atoms with Crippen LogP contribution in [0.5, 0.6) is 0 Å². The molecule has 0 spiro atoms. The molecule has 37 heavy (non-hydrogen) atoms. The van der Waals surface area contributed by atoms with E-state index >= 15 is 0 Å². The zero-order valence-corrected chi connectivity index (χ0v) is 24.5. The minimum atomic E-state index is -2.96. The number of methoxy groups -OCH3 is 3.